The molecule has 0 aliphatic rings. The van der Waals surface area contributed by atoms with Crippen molar-refractivity contribution in [2.24, 2.45) is 0 Å². The molecule has 3 aromatic rings. The third-order valence-corrected chi connectivity index (χ3v) is 3.64. The Morgan fingerprint density at radius 3 is 2.68 bits per heavy atom. The van der Waals surface area contributed by atoms with Gasteiger partial charge in [-0.15, -0.1) is 0 Å². The number of carbonyl (C=O) groups excluding carboxylic acids is 1. The average molecular weight is 310 g/mol. The summed E-state index contributed by atoms with van der Waals surface area (Å²) in [4.78, 5) is 12.5. The Hall–Kier alpha value is -2.65. The van der Waals surface area contributed by atoms with Crippen molar-refractivity contribution >= 4 is 40.2 Å². The van der Waals surface area contributed by atoms with Crippen molar-refractivity contribution in [1.29, 1.82) is 0 Å². The van der Waals surface area contributed by atoms with Crippen LogP contribution in [-0.4, -0.2) is 5.78 Å². The van der Waals surface area contributed by atoms with E-state index in [0.29, 0.717) is 16.4 Å². The minimum absolute atomic E-state index is 0.0799. The van der Waals surface area contributed by atoms with Gasteiger partial charge in [0.25, 0.3) is 5.82 Å². The number of rotatable bonds is 3. The Kier molecular flexibility index (Phi) is 3.90. The molecule has 0 atom stereocenters. The monoisotopic (exact) mass is 309 g/mol. The number of allylic oxidation sites excluding steroid dienone is 1. The molecule has 0 fully saturated rings. The maximum atomic E-state index is 12.5. The Balaban J connectivity index is 1.97. The highest BCUT2D eigenvalue weighted by molar-refractivity contribution is 6.30. The van der Waals surface area contributed by atoms with Gasteiger partial charge in [-0.1, -0.05) is 54.1 Å². The van der Waals surface area contributed by atoms with E-state index in [4.69, 9.17) is 17.3 Å². The van der Waals surface area contributed by atoms with E-state index in [2.05, 4.69) is 0 Å². The van der Waals surface area contributed by atoms with Crippen molar-refractivity contribution < 1.29 is 9.36 Å². The SMILES string of the molecule is Nc1ccc(Cl)c[n+]1C=CC(=O)c1cccc2ccccc12. The van der Waals surface area contributed by atoms with Gasteiger partial charge in [-0.05, 0) is 16.8 Å². The van der Waals surface area contributed by atoms with E-state index >= 15 is 0 Å². The molecule has 3 nitrogen and oxygen atoms in total. The molecular weight excluding hydrogens is 296 g/mol. The molecule has 1 aromatic heterocycles. The zero-order chi connectivity index (χ0) is 15.5. The molecule has 0 aliphatic heterocycles. The van der Waals surface area contributed by atoms with Gasteiger partial charge in [-0.3, -0.25) is 10.5 Å². The number of hydrogen-bond donors (Lipinski definition) is 1. The molecule has 22 heavy (non-hydrogen) atoms. The number of nitrogens with zero attached hydrogens (tertiary/aromatic N) is 1. The number of hydrogen-bond acceptors (Lipinski definition) is 2. The van der Waals surface area contributed by atoms with Gasteiger partial charge >= 0.3 is 0 Å². The minimum Gasteiger partial charge on any atom is -0.289 e. The molecule has 3 rings (SSSR count). The molecule has 0 aliphatic carbocycles. The van der Waals surface area contributed by atoms with Crippen LogP contribution >= 0.6 is 11.6 Å². The quantitative estimate of drug-likeness (QED) is 0.455. The minimum atomic E-state index is -0.0799. The Morgan fingerprint density at radius 1 is 1.05 bits per heavy atom. The summed E-state index contributed by atoms with van der Waals surface area (Å²) in [5, 5.41) is 2.52. The van der Waals surface area contributed by atoms with Gasteiger partial charge in [0.05, 0.1) is 11.2 Å². The number of pyridine rings is 1. The topological polar surface area (TPSA) is 47.0 Å². The van der Waals surface area contributed by atoms with E-state index in [1.807, 2.05) is 42.5 Å². The molecule has 0 saturated carbocycles. The normalized spacial score (nSPS) is 11.1. The first-order chi connectivity index (χ1) is 10.6. The fourth-order valence-electron chi connectivity index (χ4n) is 2.31. The smallest absolute Gasteiger partial charge is 0.277 e. The Labute approximate surface area is 133 Å². The number of anilines is 1. The van der Waals surface area contributed by atoms with Crippen LogP contribution in [0.1, 0.15) is 10.4 Å². The average Bonchev–Trinajstić information content (AvgIpc) is 2.55. The summed E-state index contributed by atoms with van der Waals surface area (Å²) in [6.07, 6.45) is 4.77. The second-order valence-electron chi connectivity index (χ2n) is 4.89. The maximum absolute atomic E-state index is 12.5. The van der Waals surface area contributed by atoms with E-state index in [1.165, 1.54) is 6.08 Å². The molecule has 0 radical (unpaired) electrons. The molecule has 2 aromatic carbocycles. The van der Waals surface area contributed by atoms with Crippen molar-refractivity contribution in [3.8, 4) is 0 Å². The molecule has 4 heteroatoms. The lowest BCUT2D eigenvalue weighted by Gasteiger charge is -2.02. The van der Waals surface area contributed by atoms with Crippen molar-refractivity contribution in [3.05, 3.63) is 77.5 Å². The fraction of sp³-hybridized carbons (Fsp3) is 0. The van der Waals surface area contributed by atoms with Crippen LogP contribution in [0.4, 0.5) is 5.82 Å². The first-order valence-corrected chi connectivity index (χ1v) is 7.19. The first-order valence-electron chi connectivity index (χ1n) is 6.81. The van der Waals surface area contributed by atoms with E-state index in [1.54, 1.807) is 29.1 Å². The lowest BCUT2D eigenvalue weighted by Crippen LogP contribution is -2.30. The summed E-state index contributed by atoms with van der Waals surface area (Å²) < 4.78 is 1.62. The van der Waals surface area contributed by atoms with Crippen LogP contribution in [0.3, 0.4) is 0 Å². The number of nitrogens with two attached hydrogens (primary N) is 1. The fourth-order valence-corrected chi connectivity index (χ4v) is 2.48. The van der Waals surface area contributed by atoms with Crippen LogP contribution in [0.15, 0.2) is 66.9 Å². The molecule has 108 valence electrons. The highest BCUT2D eigenvalue weighted by atomic mass is 35.5. The van der Waals surface area contributed by atoms with Gasteiger partial charge in [-0.25, -0.2) is 4.57 Å². The molecule has 0 spiro atoms. The van der Waals surface area contributed by atoms with Gasteiger partial charge in [0.15, 0.2) is 5.78 Å². The third kappa shape index (κ3) is 2.85. The number of benzene rings is 2. The van der Waals surface area contributed by atoms with Gasteiger partial charge in [0, 0.05) is 17.7 Å². The van der Waals surface area contributed by atoms with Crippen LogP contribution < -0.4 is 10.3 Å². The summed E-state index contributed by atoms with van der Waals surface area (Å²) in [5.41, 5.74) is 6.51. The van der Waals surface area contributed by atoms with Crippen molar-refractivity contribution in [3.63, 3.8) is 0 Å². The second kappa shape index (κ2) is 6.00. The van der Waals surface area contributed by atoms with E-state index in [9.17, 15) is 4.79 Å². The number of carbonyl (C=O) groups is 1. The zero-order valence-corrected chi connectivity index (χ0v) is 12.5. The second-order valence-corrected chi connectivity index (χ2v) is 5.32. The van der Waals surface area contributed by atoms with Crippen molar-refractivity contribution in [1.82, 2.24) is 0 Å². The van der Waals surface area contributed by atoms with Gasteiger partial charge in [0.2, 0.25) is 0 Å². The standard InChI is InChI=1S/C18H13ClN2O/c19-14-8-9-18(20)21(12-14)11-10-17(22)16-7-3-5-13-4-1-2-6-15(13)16/h1-12,20H/p+1. The van der Waals surface area contributed by atoms with Crippen LogP contribution in [-0.2, 0) is 0 Å². The van der Waals surface area contributed by atoms with E-state index in [0.717, 1.165) is 10.8 Å². The summed E-state index contributed by atoms with van der Waals surface area (Å²) in [5.74, 6) is 0.426. The number of halogens is 1. The number of fused-ring (bicyclic) bond motifs is 1. The van der Waals surface area contributed by atoms with Crippen LogP contribution in [0.5, 0.6) is 0 Å². The Morgan fingerprint density at radius 2 is 1.82 bits per heavy atom. The number of nitrogen functional groups attached to an aromatic ring is 1. The van der Waals surface area contributed by atoms with Crippen LogP contribution in [0.25, 0.3) is 17.0 Å². The van der Waals surface area contributed by atoms with Crippen LogP contribution in [0, 0.1) is 0 Å². The molecule has 0 unspecified atom stereocenters. The van der Waals surface area contributed by atoms with Crippen LogP contribution in [0.2, 0.25) is 5.02 Å². The third-order valence-electron chi connectivity index (χ3n) is 3.42. The summed E-state index contributed by atoms with van der Waals surface area (Å²) in [6, 6.07) is 16.9. The summed E-state index contributed by atoms with van der Waals surface area (Å²) in [6.45, 7) is 0. The largest absolute Gasteiger partial charge is 0.289 e. The molecule has 1 heterocycles. The van der Waals surface area contributed by atoms with E-state index < -0.39 is 0 Å². The lowest BCUT2D eigenvalue weighted by molar-refractivity contribution is -0.552. The Bertz CT molecular complexity index is 882. The first kappa shape index (κ1) is 14.3. The van der Waals surface area contributed by atoms with Crippen molar-refractivity contribution in [2.75, 3.05) is 5.73 Å². The number of ketones is 1. The van der Waals surface area contributed by atoms with E-state index in [-0.39, 0.29) is 5.78 Å². The predicted octanol–water partition coefficient (Wildman–Crippen LogP) is 3.72. The van der Waals surface area contributed by atoms with Gasteiger partial charge in [-0.2, -0.15) is 0 Å². The molecule has 2 N–H and O–H groups in total. The number of aromatic nitrogens is 1. The highest BCUT2D eigenvalue weighted by Gasteiger charge is 2.08. The molecular formula is C18H14ClN2O+. The lowest BCUT2D eigenvalue weighted by atomic mass is 10.0. The molecule has 0 bridgehead atoms. The molecule has 0 amide bonds. The van der Waals surface area contributed by atoms with Crippen molar-refractivity contribution in [2.45, 2.75) is 0 Å². The van der Waals surface area contributed by atoms with Gasteiger partial charge in [0.1, 0.15) is 6.20 Å². The highest BCUT2D eigenvalue weighted by Crippen LogP contribution is 2.19. The predicted molar refractivity (Wildman–Crippen MR) is 89.7 cm³/mol. The molecule has 0 saturated heterocycles. The van der Waals surface area contributed by atoms with Gasteiger partial charge < -0.3 is 0 Å². The summed E-state index contributed by atoms with van der Waals surface area (Å²) >= 11 is 5.93. The zero-order valence-electron chi connectivity index (χ0n) is 11.7. The summed E-state index contributed by atoms with van der Waals surface area (Å²) in [7, 11) is 0. The maximum Gasteiger partial charge on any atom is 0.277 e.